The van der Waals surface area contributed by atoms with E-state index < -0.39 is 6.10 Å². The van der Waals surface area contributed by atoms with Crippen LogP contribution in [0, 0.1) is 0 Å². The highest BCUT2D eigenvalue weighted by molar-refractivity contribution is 5.71. The van der Waals surface area contributed by atoms with Crippen molar-refractivity contribution in [2.45, 2.75) is 239 Å². The van der Waals surface area contributed by atoms with Crippen molar-refractivity contribution in [1.29, 1.82) is 0 Å². The minimum atomic E-state index is -0.786. The monoisotopic (exact) mass is 811 g/mol. The van der Waals surface area contributed by atoms with Crippen LogP contribution < -0.4 is 0 Å². The third-order valence-corrected chi connectivity index (χ3v) is 10.3. The van der Waals surface area contributed by atoms with Crippen molar-refractivity contribution < 1.29 is 28.6 Å². The summed E-state index contributed by atoms with van der Waals surface area (Å²) in [6.45, 7) is 6.45. The van der Waals surface area contributed by atoms with Gasteiger partial charge >= 0.3 is 17.9 Å². The van der Waals surface area contributed by atoms with Crippen LogP contribution in [0.4, 0.5) is 0 Å². The molecular formula is C52H90O6. The summed E-state index contributed by atoms with van der Waals surface area (Å²) in [5, 5.41) is 0. The molecular weight excluding hydrogens is 721 g/mol. The zero-order chi connectivity index (χ0) is 42.3. The molecule has 0 amide bonds. The Morgan fingerprint density at radius 3 is 1.14 bits per heavy atom. The van der Waals surface area contributed by atoms with Gasteiger partial charge in [0.1, 0.15) is 13.2 Å². The first kappa shape index (κ1) is 55.1. The number of rotatable bonds is 43. The van der Waals surface area contributed by atoms with Crippen LogP contribution in [0.15, 0.2) is 60.8 Å². The molecule has 0 fully saturated rings. The second-order valence-electron chi connectivity index (χ2n) is 16.0. The van der Waals surface area contributed by atoms with Gasteiger partial charge in [-0.15, -0.1) is 0 Å². The number of carbonyl (C=O) groups excluding carboxylic acids is 3. The van der Waals surface area contributed by atoms with Gasteiger partial charge in [-0.25, -0.2) is 0 Å². The zero-order valence-electron chi connectivity index (χ0n) is 38.0. The first-order valence-corrected chi connectivity index (χ1v) is 24.3. The minimum Gasteiger partial charge on any atom is -0.462 e. The molecule has 0 bridgehead atoms. The van der Waals surface area contributed by atoms with E-state index in [-0.39, 0.29) is 31.1 Å². The van der Waals surface area contributed by atoms with Crippen LogP contribution in [0.5, 0.6) is 0 Å². The average Bonchev–Trinajstić information content (AvgIpc) is 3.22. The molecule has 0 aliphatic rings. The molecule has 0 N–H and O–H groups in total. The number of unbranched alkanes of at least 4 members (excludes halogenated alkanes) is 22. The highest BCUT2D eigenvalue weighted by Crippen LogP contribution is 2.14. The summed E-state index contributed by atoms with van der Waals surface area (Å²) in [6.07, 6.45) is 56.3. The molecule has 0 aliphatic heterocycles. The second-order valence-corrected chi connectivity index (χ2v) is 16.0. The van der Waals surface area contributed by atoms with Gasteiger partial charge in [0.15, 0.2) is 6.10 Å². The number of carbonyl (C=O) groups is 3. The van der Waals surface area contributed by atoms with Crippen LogP contribution >= 0.6 is 0 Å². The predicted octanol–water partition coefficient (Wildman–Crippen LogP) is 15.7. The van der Waals surface area contributed by atoms with Crippen molar-refractivity contribution >= 4 is 17.9 Å². The Balaban J connectivity index is 4.42. The molecule has 0 rings (SSSR count). The Morgan fingerprint density at radius 2 is 0.690 bits per heavy atom. The second kappa shape index (κ2) is 46.8. The van der Waals surface area contributed by atoms with Crippen LogP contribution in [0.3, 0.4) is 0 Å². The Bertz CT molecular complexity index is 1070. The van der Waals surface area contributed by atoms with E-state index in [2.05, 4.69) is 81.5 Å². The molecule has 6 heteroatoms. The maximum absolute atomic E-state index is 12.7. The highest BCUT2D eigenvalue weighted by atomic mass is 16.6. The molecule has 0 aromatic heterocycles. The number of esters is 3. The lowest BCUT2D eigenvalue weighted by Gasteiger charge is -2.18. The molecule has 0 aromatic rings. The summed E-state index contributed by atoms with van der Waals surface area (Å²) in [5.41, 5.74) is 0. The molecule has 0 aliphatic carbocycles. The lowest BCUT2D eigenvalue weighted by molar-refractivity contribution is -0.167. The molecule has 6 nitrogen and oxygen atoms in total. The SMILES string of the molecule is CC/C=C\C/C=C\C/C=C\C/C=C\CCCCCC(=O)OCC(COC(=O)CCCCCCC/C=C\CCCC)OC(=O)CCCCCCCCCCCCCCC. The largest absolute Gasteiger partial charge is 0.462 e. The van der Waals surface area contributed by atoms with Gasteiger partial charge in [-0.05, 0) is 77.0 Å². The first-order valence-electron chi connectivity index (χ1n) is 24.3. The summed E-state index contributed by atoms with van der Waals surface area (Å²) in [7, 11) is 0. The molecule has 0 saturated heterocycles. The smallest absolute Gasteiger partial charge is 0.306 e. The Hall–Kier alpha value is -2.89. The Kier molecular flexibility index (Phi) is 44.5. The predicted molar refractivity (Wildman–Crippen MR) is 247 cm³/mol. The third-order valence-electron chi connectivity index (χ3n) is 10.3. The van der Waals surface area contributed by atoms with E-state index in [9.17, 15) is 14.4 Å². The number of hydrogen-bond acceptors (Lipinski definition) is 6. The van der Waals surface area contributed by atoms with Gasteiger partial charge in [-0.1, -0.05) is 197 Å². The summed E-state index contributed by atoms with van der Waals surface area (Å²) < 4.78 is 16.7. The van der Waals surface area contributed by atoms with Gasteiger partial charge < -0.3 is 14.2 Å². The molecule has 0 spiro atoms. The molecule has 334 valence electrons. The third kappa shape index (κ3) is 44.2. The first-order chi connectivity index (χ1) is 28.5. The number of hydrogen-bond donors (Lipinski definition) is 0. The molecule has 0 radical (unpaired) electrons. The lowest BCUT2D eigenvalue weighted by Crippen LogP contribution is -2.30. The Morgan fingerprint density at radius 1 is 0.362 bits per heavy atom. The molecule has 0 saturated carbocycles. The van der Waals surface area contributed by atoms with E-state index in [1.807, 2.05) is 0 Å². The topological polar surface area (TPSA) is 78.9 Å². The van der Waals surface area contributed by atoms with Gasteiger partial charge in [-0.3, -0.25) is 14.4 Å². The fraction of sp³-hybridized carbons (Fsp3) is 0.750. The van der Waals surface area contributed by atoms with Crippen molar-refractivity contribution in [3.05, 3.63) is 60.8 Å². The maximum Gasteiger partial charge on any atom is 0.306 e. The molecule has 1 atom stereocenters. The minimum absolute atomic E-state index is 0.0876. The summed E-state index contributed by atoms with van der Waals surface area (Å²) in [5.74, 6) is -0.927. The zero-order valence-corrected chi connectivity index (χ0v) is 38.0. The van der Waals surface area contributed by atoms with E-state index >= 15 is 0 Å². The lowest BCUT2D eigenvalue weighted by atomic mass is 10.0. The maximum atomic E-state index is 12.7. The van der Waals surface area contributed by atoms with Crippen molar-refractivity contribution in [3.8, 4) is 0 Å². The van der Waals surface area contributed by atoms with E-state index in [4.69, 9.17) is 14.2 Å². The van der Waals surface area contributed by atoms with Crippen LogP contribution in [-0.4, -0.2) is 37.2 Å². The van der Waals surface area contributed by atoms with E-state index in [0.29, 0.717) is 19.3 Å². The number of allylic oxidation sites excluding steroid dienone is 10. The van der Waals surface area contributed by atoms with Crippen molar-refractivity contribution in [2.24, 2.45) is 0 Å². The van der Waals surface area contributed by atoms with Crippen LogP contribution in [0.25, 0.3) is 0 Å². The average molecular weight is 811 g/mol. The van der Waals surface area contributed by atoms with Gasteiger partial charge in [0.25, 0.3) is 0 Å². The highest BCUT2D eigenvalue weighted by Gasteiger charge is 2.19. The normalized spacial score (nSPS) is 12.5. The van der Waals surface area contributed by atoms with Crippen molar-refractivity contribution in [1.82, 2.24) is 0 Å². The van der Waals surface area contributed by atoms with Crippen LogP contribution in [0.1, 0.15) is 233 Å². The van der Waals surface area contributed by atoms with Gasteiger partial charge in [0.2, 0.25) is 0 Å². The fourth-order valence-corrected chi connectivity index (χ4v) is 6.59. The fourth-order valence-electron chi connectivity index (χ4n) is 6.59. The summed E-state index contributed by atoms with van der Waals surface area (Å²) >= 11 is 0. The van der Waals surface area contributed by atoms with Crippen molar-refractivity contribution in [2.75, 3.05) is 13.2 Å². The van der Waals surface area contributed by atoms with Crippen molar-refractivity contribution in [3.63, 3.8) is 0 Å². The van der Waals surface area contributed by atoms with E-state index in [1.165, 1.54) is 96.3 Å². The van der Waals surface area contributed by atoms with Crippen LogP contribution in [-0.2, 0) is 28.6 Å². The number of ether oxygens (including phenoxy) is 3. The van der Waals surface area contributed by atoms with E-state index in [1.54, 1.807) is 0 Å². The molecule has 58 heavy (non-hydrogen) atoms. The van der Waals surface area contributed by atoms with Crippen LogP contribution in [0.2, 0.25) is 0 Å². The summed E-state index contributed by atoms with van der Waals surface area (Å²) in [6, 6.07) is 0. The Labute approximate surface area is 358 Å². The van der Waals surface area contributed by atoms with Gasteiger partial charge in [0, 0.05) is 19.3 Å². The summed E-state index contributed by atoms with van der Waals surface area (Å²) in [4.78, 5) is 37.8. The quantitative estimate of drug-likeness (QED) is 0.0264. The standard InChI is InChI=1S/C52H90O6/c1-4-7-10-13-16-19-22-24-25-26-28-30-33-36-39-42-45-51(54)57-48-49(47-56-50(53)44-41-38-35-32-29-21-18-15-12-9-6-3)58-52(55)46-43-40-37-34-31-27-23-20-17-14-11-8-5-2/h7,10,15-16,18-19,24-25,28,30,49H,4-6,8-9,11-14,17,20-23,26-27,29,31-48H2,1-3H3/b10-7-,18-15-,19-16-,25-24-,30-28-. The molecule has 1 unspecified atom stereocenters. The van der Waals surface area contributed by atoms with E-state index in [0.717, 1.165) is 96.3 Å². The van der Waals surface area contributed by atoms with Gasteiger partial charge in [-0.2, -0.15) is 0 Å². The molecule has 0 heterocycles. The molecule has 0 aromatic carbocycles. The van der Waals surface area contributed by atoms with Gasteiger partial charge in [0.05, 0.1) is 0 Å².